The summed E-state index contributed by atoms with van der Waals surface area (Å²) in [6, 6.07) is 8.51. The molecule has 1 heterocycles. The number of carbonyl (C=O) groups excluding carboxylic acids is 2. The molecule has 0 bridgehead atoms. The Morgan fingerprint density at radius 1 is 1.30 bits per heavy atom. The molecule has 1 saturated heterocycles. The fraction of sp³-hybridized carbons (Fsp3) is 0.467. The normalized spacial score (nSPS) is 19.8. The molecule has 2 rings (SSSR count). The Morgan fingerprint density at radius 2 is 1.95 bits per heavy atom. The molecule has 0 saturated carbocycles. The van der Waals surface area contributed by atoms with Gasteiger partial charge in [0.15, 0.2) is 0 Å². The Morgan fingerprint density at radius 3 is 2.55 bits per heavy atom. The summed E-state index contributed by atoms with van der Waals surface area (Å²) >= 11 is 0. The highest BCUT2D eigenvalue weighted by Gasteiger charge is 2.41. The summed E-state index contributed by atoms with van der Waals surface area (Å²) in [4.78, 5) is 25.7. The fourth-order valence-electron chi connectivity index (χ4n) is 2.47. The molecule has 1 aliphatic heterocycles. The van der Waals surface area contributed by atoms with Crippen molar-refractivity contribution in [2.24, 2.45) is 0 Å². The standard InChI is InChI=1S/C15H20N2O3/c1-15(2,10-20-3)16-12-9-13(18)17(14(12)19)11-7-5-4-6-8-11/h4-8,12,16H,9-10H2,1-3H3. The van der Waals surface area contributed by atoms with Gasteiger partial charge < -0.3 is 4.74 Å². The van der Waals surface area contributed by atoms with Crippen molar-refractivity contribution in [3.05, 3.63) is 30.3 Å². The molecule has 108 valence electrons. The van der Waals surface area contributed by atoms with Gasteiger partial charge in [0.25, 0.3) is 5.91 Å². The predicted octanol–water partition coefficient (Wildman–Crippen LogP) is 1.33. The molecule has 1 aromatic rings. The smallest absolute Gasteiger partial charge is 0.251 e. The van der Waals surface area contributed by atoms with Crippen molar-refractivity contribution in [2.45, 2.75) is 31.8 Å². The summed E-state index contributed by atoms with van der Waals surface area (Å²) in [6.45, 7) is 4.36. The van der Waals surface area contributed by atoms with Gasteiger partial charge in [-0.05, 0) is 26.0 Å². The van der Waals surface area contributed by atoms with Crippen LogP contribution >= 0.6 is 0 Å². The average Bonchev–Trinajstić information content (AvgIpc) is 2.64. The number of ether oxygens (including phenoxy) is 1. The van der Waals surface area contributed by atoms with Crippen molar-refractivity contribution >= 4 is 17.5 Å². The van der Waals surface area contributed by atoms with E-state index in [1.165, 1.54) is 4.90 Å². The number of nitrogens with one attached hydrogen (secondary N) is 1. The topological polar surface area (TPSA) is 58.6 Å². The number of imide groups is 1. The minimum absolute atomic E-state index is 0.174. The van der Waals surface area contributed by atoms with Crippen molar-refractivity contribution in [3.8, 4) is 0 Å². The highest BCUT2D eigenvalue weighted by atomic mass is 16.5. The first kappa shape index (κ1) is 14.7. The van der Waals surface area contributed by atoms with Crippen LogP contribution in [0, 0.1) is 0 Å². The quantitative estimate of drug-likeness (QED) is 0.824. The highest BCUT2D eigenvalue weighted by molar-refractivity contribution is 6.22. The third-order valence-corrected chi connectivity index (χ3v) is 3.23. The van der Waals surface area contributed by atoms with E-state index >= 15 is 0 Å². The zero-order chi connectivity index (χ0) is 14.8. The zero-order valence-corrected chi connectivity index (χ0v) is 12.1. The fourth-order valence-corrected chi connectivity index (χ4v) is 2.47. The first-order valence-electron chi connectivity index (χ1n) is 6.63. The van der Waals surface area contributed by atoms with Crippen LogP contribution in [0.15, 0.2) is 30.3 Å². The van der Waals surface area contributed by atoms with Gasteiger partial charge in [0.05, 0.1) is 24.8 Å². The van der Waals surface area contributed by atoms with E-state index in [1.54, 1.807) is 19.2 Å². The van der Waals surface area contributed by atoms with Crippen LogP contribution in [0.4, 0.5) is 5.69 Å². The Bertz CT molecular complexity index is 499. The van der Waals surface area contributed by atoms with Crippen LogP contribution in [0.5, 0.6) is 0 Å². The van der Waals surface area contributed by atoms with E-state index in [4.69, 9.17) is 4.74 Å². The summed E-state index contributed by atoms with van der Waals surface area (Å²) in [5.41, 5.74) is 0.263. The van der Waals surface area contributed by atoms with Gasteiger partial charge in [-0.2, -0.15) is 0 Å². The van der Waals surface area contributed by atoms with Crippen molar-refractivity contribution in [3.63, 3.8) is 0 Å². The lowest BCUT2D eigenvalue weighted by Gasteiger charge is -2.28. The van der Waals surface area contributed by atoms with E-state index < -0.39 is 6.04 Å². The number of nitrogens with zero attached hydrogens (tertiary/aromatic N) is 1. The number of para-hydroxylation sites is 1. The summed E-state index contributed by atoms with van der Waals surface area (Å²) in [7, 11) is 1.61. The number of amides is 2. The molecule has 0 aliphatic carbocycles. The van der Waals surface area contributed by atoms with Crippen LogP contribution in [-0.4, -0.2) is 37.1 Å². The van der Waals surface area contributed by atoms with Crippen LogP contribution in [-0.2, 0) is 14.3 Å². The van der Waals surface area contributed by atoms with E-state index in [-0.39, 0.29) is 23.8 Å². The molecule has 1 aromatic carbocycles. The molecular formula is C15H20N2O3. The van der Waals surface area contributed by atoms with Crippen LogP contribution in [0.3, 0.4) is 0 Å². The van der Waals surface area contributed by atoms with E-state index in [1.807, 2.05) is 32.0 Å². The second-order valence-electron chi connectivity index (χ2n) is 5.62. The Hall–Kier alpha value is -1.72. The Labute approximate surface area is 118 Å². The molecule has 0 spiro atoms. The van der Waals surface area contributed by atoms with Crippen LogP contribution in [0.2, 0.25) is 0 Å². The third kappa shape index (κ3) is 3.05. The summed E-state index contributed by atoms with van der Waals surface area (Å²) in [5.74, 6) is -0.378. The van der Waals surface area contributed by atoms with Gasteiger partial charge in [-0.15, -0.1) is 0 Å². The predicted molar refractivity (Wildman–Crippen MR) is 76.4 cm³/mol. The van der Waals surface area contributed by atoms with Crippen molar-refractivity contribution < 1.29 is 14.3 Å². The average molecular weight is 276 g/mol. The minimum Gasteiger partial charge on any atom is -0.383 e. The monoisotopic (exact) mass is 276 g/mol. The third-order valence-electron chi connectivity index (χ3n) is 3.23. The first-order chi connectivity index (χ1) is 9.44. The number of hydrogen-bond acceptors (Lipinski definition) is 4. The van der Waals surface area contributed by atoms with E-state index in [9.17, 15) is 9.59 Å². The number of anilines is 1. The Balaban J connectivity index is 2.13. The summed E-state index contributed by atoms with van der Waals surface area (Å²) < 4.78 is 5.12. The molecule has 2 amide bonds. The molecule has 20 heavy (non-hydrogen) atoms. The maximum absolute atomic E-state index is 12.4. The molecule has 5 heteroatoms. The molecule has 1 fully saturated rings. The molecular weight excluding hydrogens is 256 g/mol. The zero-order valence-electron chi connectivity index (χ0n) is 12.1. The van der Waals surface area contributed by atoms with Gasteiger partial charge in [-0.3, -0.25) is 14.9 Å². The van der Waals surface area contributed by atoms with Gasteiger partial charge in [0, 0.05) is 12.6 Å². The van der Waals surface area contributed by atoms with E-state index in [0.717, 1.165) is 0 Å². The lowest BCUT2D eigenvalue weighted by Crippen LogP contribution is -2.51. The maximum atomic E-state index is 12.4. The highest BCUT2D eigenvalue weighted by Crippen LogP contribution is 2.23. The number of methoxy groups -OCH3 is 1. The van der Waals surface area contributed by atoms with Crippen molar-refractivity contribution in [1.82, 2.24) is 5.32 Å². The molecule has 0 aromatic heterocycles. The number of carbonyl (C=O) groups is 2. The first-order valence-corrected chi connectivity index (χ1v) is 6.63. The lowest BCUT2D eigenvalue weighted by atomic mass is 10.0. The molecule has 1 atom stereocenters. The SMILES string of the molecule is COCC(C)(C)NC1CC(=O)N(c2ccccc2)C1=O. The Kier molecular flexibility index (Phi) is 4.20. The summed E-state index contributed by atoms with van der Waals surface area (Å²) in [6.07, 6.45) is 0.181. The van der Waals surface area contributed by atoms with Crippen molar-refractivity contribution in [2.75, 3.05) is 18.6 Å². The number of benzene rings is 1. The molecule has 1 N–H and O–H groups in total. The van der Waals surface area contributed by atoms with Crippen LogP contribution in [0.1, 0.15) is 20.3 Å². The molecule has 0 radical (unpaired) electrons. The number of rotatable bonds is 5. The van der Waals surface area contributed by atoms with Crippen LogP contribution < -0.4 is 10.2 Å². The maximum Gasteiger partial charge on any atom is 0.251 e. The largest absolute Gasteiger partial charge is 0.383 e. The van der Waals surface area contributed by atoms with Gasteiger partial charge >= 0.3 is 0 Å². The van der Waals surface area contributed by atoms with Crippen molar-refractivity contribution in [1.29, 1.82) is 0 Å². The van der Waals surface area contributed by atoms with Gasteiger partial charge in [-0.1, -0.05) is 18.2 Å². The van der Waals surface area contributed by atoms with E-state index in [2.05, 4.69) is 5.32 Å². The van der Waals surface area contributed by atoms with Crippen LogP contribution in [0.25, 0.3) is 0 Å². The van der Waals surface area contributed by atoms with Gasteiger partial charge in [0.1, 0.15) is 0 Å². The second kappa shape index (κ2) is 5.73. The van der Waals surface area contributed by atoms with Gasteiger partial charge in [-0.25, -0.2) is 4.90 Å². The molecule has 1 aliphatic rings. The summed E-state index contributed by atoms with van der Waals surface area (Å²) in [5, 5.41) is 3.20. The number of hydrogen-bond donors (Lipinski definition) is 1. The second-order valence-corrected chi connectivity index (χ2v) is 5.62. The molecule has 1 unspecified atom stereocenters. The molecule has 5 nitrogen and oxygen atoms in total. The van der Waals surface area contributed by atoms with Gasteiger partial charge in [0.2, 0.25) is 5.91 Å². The van der Waals surface area contributed by atoms with E-state index in [0.29, 0.717) is 12.3 Å². The minimum atomic E-state index is -0.493. The lowest BCUT2D eigenvalue weighted by molar-refractivity contribution is -0.121.